The molecule has 2 saturated heterocycles. The molecule has 2 atom stereocenters. The standard InChI is InChI=1S/C20H26ClN3O5S2/c1-12-5-6-13(21)9-14(12)24-15-10-31(27,28)11-16(15)30-18(24)23-17(25)7-8-22-19(26)29-20(2,3)4/h5-6,9,15-16H,7-8,10-11H2,1-4H3,(H,22,26). The molecular weight excluding hydrogens is 462 g/mol. The molecule has 0 bridgehead atoms. The summed E-state index contributed by atoms with van der Waals surface area (Å²) in [7, 11) is -3.16. The van der Waals surface area contributed by atoms with E-state index in [1.54, 1.807) is 32.9 Å². The van der Waals surface area contributed by atoms with Gasteiger partial charge in [0.15, 0.2) is 15.0 Å². The fraction of sp³-hybridized carbons (Fsp3) is 0.550. The number of nitrogens with zero attached hydrogens (tertiary/aromatic N) is 2. The Bertz CT molecular complexity index is 1020. The number of benzene rings is 1. The van der Waals surface area contributed by atoms with Crippen molar-refractivity contribution in [1.82, 2.24) is 5.32 Å². The first kappa shape index (κ1) is 23.9. The molecule has 1 aromatic rings. The third kappa shape index (κ3) is 6.14. The summed E-state index contributed by atoms with van der Waals surface area (Å²) in [6.07, 6.45) is -0.599. The maximum atomic E-state index is 12.5. The zero-order chi connectivity index (χ0) is 23.0. The number of aliphatic imine (C=N–C) groups is 1. The maximum absolute atomic E-state index is 12.5. The molecule has 0 aliphatic carbocycles. The first-order chi connectivity index (χ1) is 14.3. The van der Waals surface area contributed by atoms with Crippen LogP contribution < -0.4 is 10.2 Å². The molecule has 1 aromatic carbocycles. The van der Waals surface area contributed by atoms with Crippen LogP contribution in [0.4, 0.5) is 10.5 Å². The number of halogens is 1. The Labute approximate surface area is 191 Å². The second-order valence-corrected chi connectivity index (χ2v) is 12.4. The maximum Gasteiger partial charge on any atom is 0.407 e. The highest BCUT2D eigenvalue weighted by atomic mass is 35.5. The van der Waals surface area contributed by atoms with Crippen LogP contribution in [0.5, 0.6) is 0 Å². The van der Waals surface area contributed by atoms with Gasteiger partial charge in [-0.25, -0.2) is 13.2 Å². The van der Waals surface area contributed by atoms with Gasteiger partial charge in [-0.05, 0) is 45.4 Å². The van der Waals surface area contributed by atoms with Crippen molar-refractivity contribution in [2.75, 3.05) is 23.0 Å². The summed E-state index contributed by atoms with van der Waals surface area (Å²) in [4.78, 5) is 30.3. The summed E-state index contributed by atoms with van der Waals surface area (Å²) in [6, 6.07) is 5.06. The van der Waals surface area contributed by atoms with E-state index >= 15 is 0 Å². The van der Waals surface area contributed by atoms with Crippen molar-refractivity contribution in [3.8, 4) is 0 Å². The SMILES string of the molecule is Cc1ccc(Cl)cc1N1C(=NC(=O)CCNC(=O)OC(C)(C)C)SC2CS(=O)(=O)CC21. The highest BCUT2D eigenvalue weighted by Crippen LogP contribution is 2.42. The number of carbonyl (C=O) groups is 2. The van der Waals surface area contributed by atoms with E-state index in [0.29, 0.717) is 10.2 Å². The molecule has 2 fully saturated rings. The van der Waals surface area contributed by atoms with Crippen LogP contribution in [0.25, 0.3) is 0 Å². The molecule has 0 aromatic heterocycles. The lowest BCUT2D eigenvalue weighted by atomic mass is 10.1. The molecule has 11 heteroatoms. The minimum absolute atomic E-state index is 0.000692. The fourth-order valence-electron chi connectivity index (χ4n) is 3.44. The molecule has 2 amide bonds. The van der Waals surface area contributed by atoms with Crippen LogP contribution >= 0.6 is 23.4 Å². The zero-order valence-electron chi connectivity index (χ0n) is 17.8. The molecule has 3 rings (SSSR count). The van der Waals surface area contributed by atoms with E-state index in [1.165, 1.54) is 11.8 Å². The molecule has 31 heavy (non-hydrogen) atoms. The van der Waals surface area contributed by atoms with Gasteiger partial charge in [-0.3, -0.25) is 4.79 Å². The minimum Gasteiger partial charge on any atom is -0.444 e. The van der Waals surface area contributed by atoms with Gasteiger partial charge in [0.05, 0.1) is 17.5 Å². The van der Waals surface area contributed by atoms with Crippen molar-refractivity contribution in [2.45, 2.75) is 51.0 Å². The highest BCUT2D eigenvalue weighted by molar-refractivity contribution is 8.16. The topological polar surface area (TPSA) is 105 Å². The number of nitrogens with one attached hydrogen (secondary N) is 1. The molecule has 0 radical (unpaired) electrons. The average Bonchev–Trinajstić information content (AvgIpc) is 3.06. The number of amidine groups is 1. The van der Waals surface area contributed by atoms with Crippen LogP contribution in [0.1, 0.15) is 32.8 Å². The van der Waals surface area contributed by atoms with Crippen molar-refractivity contribution < 1.29 is 22.7 Å². The Hall–Kier alpha value is -1.78. The number of alkyl carbamates (subject to hydrolysis) is 1. The Morgan fingerprint density at radius 2 is 2.03 bits per heavy atom. The van der Waals surface area contributed by atoms with Crippen LogP contribution in [0.2, 0.25) is 5.02 Å². The number of amides is 2. The van der Waals surface area contributed by atoms with Gasteiger partial charge in [0.1, 0.15) is 5.60 Å². The zero-order valence-corrected chi connectivity index (χ0v) is 20.2. The van der Waals surface area contributed by atoms with E-state index in [1.807, 2.05) is 17.9 Å². The summed E-state index contributed by atoms with van der Waals surface area (Å²) < 4.78 is 29.5. The van der Waals surface area contributed by atoms with Crippen LogP contribution in [0.15, 0.2) is 23.2 Å². The number of sulfone groups is 1. The second-order valence-electron chi connectivity index (χ2n) is 8.57. The lowest BCUT2D eigenvalue weighted by Crippen LogP contribution is -2.38. The van der Waals surface area contributed by atoms with Crippen LogP contribution in [-0.2, 0) is 19.4 Å². The third-order valence-corrected chi connectivity index (χ3v) is 8.17. The number of carbonyl (C=O) groups excluding carboxylic acids is 2. The van der Waals surface area contributed by atoms with Crippen molar-refractivity contribution in [2.24, 2.45) is 4.99 Å². The molecular formula is C20H26ClN3O5S2. The normalized spacial score (nSPS) is 23.6. The minimum atomic E-state index is -3.16. The summed E-state index contributed by atoms with van der Waals surface area (Å²) in [6.45, 7) is 7.25. The van der Waals surface area contributed by atoms with E-state index in [2.05, 4.69) is 10.3 Å². The molecule has 1 N–H and O–H groups in total. The Balaban J connectivity index is 1.75. The van der Waals surface area contributed by atoms with Gasteiger partial charge in [-0.1, -0.05) is 29.4 Å². The summed E-state index contributed by atoms with van der Waals surface area (Å²) >= 11 is 7.48. The Morgan fingerprint density at radius 1 is 1.32 bits per heavy atom. The van der Waals surface area contributed by atoms with Crippen molar-refractivity contribution in [3.05, 3.63) is 28.8 Å². The van der Waals surface area contributed by atoms with Crippen LogP contribution in [0.3, 0.4) is 0 Å². The van der Waals surface area contributed by atoms with Crippen molar-refractivity contribution in [3.63, 3.8) is 0 Å². The van der Waals surface area contributed by atoms with Crippen LogP contribution in [0, 0.1) is 6.92 Å². The molecule has 2 heterocycles. The molecule has 2 aliphatic rings. The van der Waals surface area contributed by atoms with Gasteiger partial charge >= 0.3 is 6.09 Å². The van der Waals surface area contributed by atoms with Gasteiger partial charge < -0.3 is 15.0 Å². The first-order valence-corrected chi connectivity index (χ1v) is 12.9. The highest BCUT2D eigenvalue weighted by Gasteiger charge is 2.49. The lowest BCUT2D eigenvalue weighted by molar-refractivity contribution is -0.117. The van der Waals surface area contributed by atoms with Gasteiger partial charge in [0.25, 0.3) is 0 Å². The van der Waals surface area contributed by atoms with E-state index in [4.69, 9.17) is 16.3 Å². The lowest BCUT2D eigenvalue weighted by Gasteiger charge is -2.26. The smallest absolute Gasteiger partial charge is 0.407 e. The average molecular weight is 488 g/mol. The summed E-state index contributed by atoms with van der Waals surface area (Å²) in [5.74, 6) is -0.360. The number of hydrogen-bond donors (Lipinski definition) is 1. The second kappa shape index (κ2) is 8.99. The predicted octanol–water partition coefficient (Wildman–Crippen LogP) is 3.16. The van der Waals surface area contributed by atoms with E-state index < -0.39 is 27.4 Å². The monoisotopic (exact) mass is 487 g/mol. The molecule has 170 valence electrons. The predicted molar refractivity (Wildman–Crippen MR) is 124 cm³/mol. The van der Waals surface area contributed by atoms with Gasteiger partial charge in [-0.2, -0.15) is 4.99 Å². The van der Waals surface area contributed by atoms with E-state index in [9.17, 15) is 18.0 Å². The number of thioether (sulfide) groups is 1. The number of anilines is 1. The number of rotatable bonds is 4. The number of fused-ring (bicyclic) bond motifs is 1. The summed E-state index contributed by atoms with van der Waals surface area (Å²) in [5.41, 5.74) is 1.02. The van der Waals surface area contributed by atoms with Gasteiger partial charge in [0.2, 0.25) is 5.91 Å². The molecule has 0 spiro atoms. The Kier molecular flexibility index (Phi) is 6.93. The van der Waals surface area contributed by atoms with E-state index in [0.717, 1.165) is 11.3 Å². The van der Waals surface area contributed by atoms with Crippen molar-refractivity contribution >= 4 is 56.1 Å². The number of ether oxygens (including phenoxy) is 1. The van der Waals surface area contributed by atoms with Crippen molar-refractivity contribution in [1.29, 1.82) is 0 Å². The molecule has 2 aliphatic heterocycles. The van der Waals surface area contributed by atoms with E-state index in [-0.39, 0.29) is 35.8 Å². The Morgan fingerprint density at radius 3 is 2.71 bits per heavy atom. The van der Waals surface area contributed by atoms with Crippen LogP contribution in [-0.4, -0.2) is 60.5 Å². The fourth-order valence-corrected chi connectivity index (χ4v) is 7.53. The quantitative estimate of drug-likeness (QED) is 0.695. The molecule has 8 nitrogen and oxygen atoms in total. The first-order valence-electron chi connectivity index (χ1n) is 9.85. The van der Waals surface area contributed by atoms with Gasteiger partial charge in [-0.15, -0.1) is 0 Å². The third-order valence-electron chi connectivity index (χ3n) is 4.72. The van der Waals surface area contributed by atoms with Gasteiger partial charge in [0, 0.05) is 28.9 Å². The number of aryl methyl sites for hydroxylation is 1. The molecule has 0 saturated carbocycles. The largest absolute Gasteiger partial charge is 0.444 e. The summed E-state index contributed by atoms with van der Waals surface area (Å²) in [5, 5.41) is 3.31. The molecule has 2 unspecified atom stereocenters. The number of hydrogen-bond acceptors (Lipinski definition) is 6.